The van der Waals surface area contributed by atoms with Crippen LogP contribution in [0.4, 0.5) is 23.3 Å². The molecule has 0 spiro atoms. The van der Waals surface area contributed by atoms with Crippen LogP contribution in [0.1, 0.15) is 39.0 Å². The van der Waals surface area contributed by atoms with E-state index in [0.29, 0.717) is 12.4 Å². The van der Waals surface area contributed by atoms with Gasteiger partial charge in [-0.1, -0.05) is 18.2 Å². The van der Waals surface area contributed by atoms with Crippen LogP contribution in [0, 0.1) is 0 Å². The SMILES string of the molecule is CCOc1ccccc1O[C@@H]1CCCN(c2cncc(Nc3cccc(N4CCCCC4)n3)n2)C1. The fraction of sp³-hybridized carbons (Fsp3) is 0.444. The predicted molar refractivity (Wildman–Crippen MR) is 139 cm³/mol. The van der Waals surface area contributed by atoms with Gasteiger partial charge in [-0.2, -0.15) is 0 Å². The van der Waals surface area contributed by atoms with Gasteiger partial charge in [0, 0.05) is 19.6 Å². The summed E-state index contributed by atoms with van der Waals surface area (Å²) in [7, 11) is 0. The van der Waals surface area contributed by atoms with E-state index in [2.05, 4.69) is 26.2 Å². The number of para-hydroxylation sites is 2. The minimum Gasteiger partial charge on any atom is -0.490 e. The molecule has 2 aliphatic rings. The van der Waals surface area contributed by atoms with Crippen molar-refractivity contribution in [3.05, 3.63) is 54.9 Å². The number of rotatable bonds is 8. The van der Waals surface area contributed by atoms with Crippen LogP contribution in [0.25, 0.3) is 0 Å². The normalized spacial score (nSPS) is 18.3. The maximum atomic E-state index is 6.34. The molecule has 5 rings (SSSR count). The van der Waals surface area contributed by atoms with E-state index in [1.54, 1.807) is 6.20 Å². The van der Waals surface area contributed by atoms with Crippen LogP contribution in [0.15, 0.2) is 54.9 Å². The Morgan fingerprint density at radius 3 is 2.49 bits per heavy atom. The topological polar surface area (TPSA) is 75.6 Å². The molecule has 2 aromatic heterocycles. The highest BCUT2D eigenvalue weighted by Crippen LogP contribution is 2.30. The Morgan fingerprint density at radius 1 is 0.829 bits per heavy atom. The maximum Gasteiger partial charge on any atom is 0.161 e. The fourth-order valence-corrected chi connectivity index (χ4v) is 4.74. The van der Waals surface area contributed by atoms with Gasteiger partial charge in [-0.3, -0.25) is 4.98 Å². The van der Waals surface area contributed by atoms with Gasteiger partial charge in [0.1, 0.15) is 23.6 Å². The van der Waals surface area contributed by atoms with Crippen LogP contribution in [0.2, 0.25) is 0 Å². The second-order valence-electron chi connectivity index (χ2n) is 9.02. The first-order valence-corrected chi connectivity index (χ1v) is 12.7. The summed E-state index contributed by atoms with van der Waals surface area (Å²) >= 11 is 0. The molecular formula is C27H34N6O2. The van der Waals surface area contributed by atoms with Gasteiger partial charge in [0.15, 0.2) is 17.3 Å². The first-order valence-electron chi connectivity index (χ1n) is 12.7. The Kier molecular flexibility index (Phi) is 7.46. The Hall–Kier alpha value is -3.55. The van der Waals surface area contributed by atoms with Crippen molar-refractivity contribution in [3.63, 3.8) is 0 Å². The maximum absolute atomic E-state index is 6.34. The molecule has 0 bridgehead atoms. The van der Waals surface area contributed by atoms with Gasteiger partial charge >= 0.3 is 0 Å². The molecule has 0 aliphatic carbocycles. The number of benzene rings is 1. The van der Waals surface area contributed by atoms with E-state index >= 15 is 0 Å². The van der Waals surface area contributed by atoms with Crippen molar-refractivity contribution in [1.29, 1.82) is 0 Å². The molecule has 0 radical (unpaired) electrons. The molecule has 35 heavy (non-hydrogen) atoms. The van der Waals surface area contributed by atoms with E-state index in [4.69, 9.17) is 19.4 Å². The van der Waals surface area contributed by atoms with Crippen LogP contribution in [0.5, 0.6) is 11.5 Å². The lowest BCUT2D eigenvalue weighted by atomic mass is 10.1. The van der Waals surface area contributed by atoms with Gasteiger partial charge in [-0.15, -0.1) is 0 Å². The van der Waals surface area contributed by atoms with Crippen LogP contribution in [-0.2, 0) is 0 Å². The van der Waals surface area contributed by atoms with E-state index in [9.17, 15) is 0 Å². The molecule has 1 atom stereocenters. The van der Waals surface area contributed by atoms with Crippen molar-refractivity contribution < 1.29 is 9.47 Å². The summed E-state index contributed by atoms with van der Waals surface area (Å²) in [5.41, 5.74) is 0. The van der Waals surface area contributed by atoms with Crippen molar-refractivity contribution in [2.45, 2.75) is 45.1 Å². The Balaban J connectivity index is 1.25. The van der Waals surface area contributed by atoms with Crippen molar-refractivity contribution in [2.75, 3.05) is 47.9 Å². The fourth-order valence-electron chi connectivity index (χ4n) is 4.74. The number of ether oxygens (including phenoxy) is 2. The highest BCUT2D eigenvalue weighted by Gasteiger charge is 2.24. The number of piperidine rings is 2. The van der Waals surface area contributed by atoms with Gasteiger partial charge in [-0.25, -0.2) is 9.97 Å². The molecule has 8 nitrogen and oxygen atoms in total. The predicted octanol–water partition coefficient (Wildman–Crippen LogP) is 5.05. The second kappa shape index (κ2) is 11.3. The summed E-state index contributed by atoms with van der Waals surface area (Å²) in [6, 6.07) is 14.0. The number of hydrogen-bond acceptors (Lipinski definition) is 8. The lowest BCUT2D eigenvalue weighted by Crippen LogP contribution is -2.41. The minimum atomic E-state index is 0.0617. The van der Waals surface area contributed by atoms with E-state index in [1.165, 1.54) is 19.3 Å². The standard InChI is InChI=1S/C27H34N6O2/c1-2-34-22-11-4-5-12-23(22)35-21-10-9-17-33(20-21)27-19-28-18-25(31-27)29-24-13-8-14-26(30-24)32-15-6-3-7-16-32/h4-5,8,11-14,18-19,21H,2-3,6-7,9-10,15-17,20H2,1H3,(H,29,30,31)/t21-/m1/s1. The lowest BCUT2D eigenvalue weighted by molar-refractivity contribution is 0.170. The number of pyridine rings is 1. The smallest absolute Gasteiger partial charge is 0.161 e. The third-order valence-electron chi connectivity index (χ3n) is 6.44. The zero-order chi connectivity index (χ0) is 23.9. The summed E-state index contributed by atoms with van der Waals surface area (Å²) < 4.78 is 12.1. The van der Waals surface area contributed by atoms with E-state index in [-0.39, 0.29) is 6.10 Å². The number of hydrogen-bond donors (Lipinski definition) is 1. The minimum absolute atomic E-state index is 0.0617. The van der Waals surface area contributed by atoms with Gasteiger partial charge in [0.05, 0.1) is 25.5 Å². The third kappa shape index (κ3) is 5.93. The molecule has 0 saturated carbocycles. The molecule has 8 heteroatoms. The summed E-state index contributed by atoms with van der Waals surface area (Å²) in [5, 5.41) is 3.35. The Bertz CT molecular complexity index is 1100. The lowest BCUT2D eigenvalue weighted by Gasteiger charge is -2.33. The molecule has 2 fully saturated rings. The number of nitrogens with one attached hydrogen (secondary N) is 1. The van der Waals surface area contributed by atoms with Gasteiger partial charge < -0.3 is 24.6 Å². The molecule has 4 heterocycles. The molecule has 184 valence electrons. The van der Waals surface area contributed by atoms with Gasteiger partial charge in [0.2, 0.25) is 0 Å². The van der Waals surface area contributed by atoms with Gasteiger partial charge in [-0.05, 0) is 63.3 Å². The monoisotopic (exact) mass is 474 g/mol. The first-order chi connectivity index (χ1) is 17.3. The van der Waals surface area contributed by atoms with E-state index < -0.39 is 0 Å². The highest BCUT2D eigenvalue weighted by atomic mass is 16.5. The van der Waals surface area contributed by atoms with Crippen LogP contribution >= 0.6 is 0 Å². The Morgan fingerprint density at radius 2 is 1.63 bits per heavy atom. The summed E-state index contributed by atoms with van der Waals surface area (Å²) in [6.45, 7) is 6.41. The molecule has 3 aromatic rings. The zero-order valence-electron chi connectivity index (χ0n) is 20.4. The first kappa shape index (κ1) is 23.2. The van der Waals surface area contributed by atoms with Crippen LogP contribution in [-0.4, -0.2) is 53.8 Å². The molecule has 2 saturated heterocycles. The average Bonchev–Trinajstić information content (AvgIpc) is 2.91. The van der Waals surface area contributed by atoms with Crippen molar-refractivity contribution in [2.24, 2.45) is 0 Å². The molecule has 0 unspecified atom stereocenters. The Labute approximate surface area is 207 Å². The summed E-state index contributed by atoms with van der Waals surface area (Å²) in [6.07, 6.45) is 9.41. The highest BCUT2D eigenvalue weighted by molar-refractivity contribution is 5.56. The van der Waals surface area contributed by atoms with Crippen molar-refractivity contribution in [3.8, 4) is 11.5 Å². The average molecular weight is 475 g/mol. The van der Waals surface area contributed by atoms with Crippen LogP contribution in [0.3, 0.4) is 0 Å². The number of nitrogens with zero attached hydrogens (tertiary/aromatic N) is 5. The van der Waals surface area contributed by atoms with Crippen LogP contribution < -0.4 is 24.6 Å². The molecule has 1 N–H and O–H groups in total. The van der Waals surface area contributed by atoms with Crippen molar-refractivity contribution in [1.82, 2.24) is 15.0 Å². The number of anilines is 4. The summed E-state index contributed by atoms with van der Waals surface area (Å²) in [5.74, 6) is 4.91. The molecular weight excluding hydrogens is 440 g/mol. The van der Waals surface area contributed by atoms with Gasteiger partial charge in [0.25, 0.3) is 0 Å². The van der Waals surface area contributed by atoms with E-state index in [1.807, 2.05) is 49.5 Å². The summed E-state index contributed by atoms with van der Waals surface area (Å²) in [4.78, 5) is 18.7. The second-order valence-corrected chi connectivity index (χ2v) is 9.02. The largest absolute Gasteiger partial charge is 0.490 e. The molecule has 2 aliphatic heterocycles. The number of aromatic nitrogens is 3. The van der Waals surface area contributed by atoms with Crippen molar-refractivity contribution >= 4 is 23.3 Å². The van der Waals surface area contributed by atoms with E-state index in [0.717, 1.165) is 68.0 Å². The third-order valence-corrected chi connectivity index (χ3v) is 6.44. The molecule has 1 aromatic carbocycles. The quantitative estimate of drug-likeness (QED) is 0.486. The zero-order valence-corrected chi connectivity index (χ0v) is 20.4. The molecule has 0 amide bonds.